The zero-order valence-corrected chi connectivity index (χ0v) is 15.7. The van der Waals surface area contributed by atoms with Gasteiger partial charge in [0.05, 0.1) is 18.6 Å². The summed E-state index contributed by atoms with van der Waals surface area (Å²) in [5.41, 5.74) is 5.52. The van der Waals surface area contributed by atoms with Crippen molar-refractivity contribution in [3.63, 3.8) is 0 Å². The van der Waals surface area contributed by atoms with Gasteiger partial charge >= 0.3 is 0 Å². The molecule has 1 aliphatic heterocycles. The molecule has 5 rings (SSSR count). The highest BCUT2D eigenvalue weighted by Crippen LogP contribution is 2.32. The number of carbonyl (C=O) groups excluding carboxylic acids is 1. The minimum absolute atomic E-state index is 0.0691. The molecular weight excluding hydrogens is 354 g/mol. The molecule has 6 nitrogen and oxygen atoms in total. The van der Waals surface area contributed by atoms with Crippen molar-refractivity contribution in [1.82, 2.24) is 10.5 Å². The third-order valence-electron chi connectivity index (χ3n) is 5.26. The maximum atomic E-state index is 12.4. The number of fused-ring (bicyclic) bond motifs is 1. The second-order valence-corrected chi connectivity index (χ2v) is 7.23. The Kier molecular flexibility index (Phi) is 4.13. The summed E-state index contributed by atoms with van der Waals surface area (Å²) in [6.45, 7) is 5.09. The number of nitrogens with one attached hydrogen (secondary N) is 1. The van der Waals surface area contributed by atoms with Gasteiger partial charge in [0.2, 0.25) is 0 Å². The van der Waals surface area contributed by atoms with Crippen LogP contribution in [-0.2, 0) is 4.74 Å². The van der Waals surface area contributed by atoms with Gasteiger partial charge in [0, 0.05) is 30.8 Å². The maximum absolute atomic E-state index is 12.4. The molecule has 6 heteroatoms. The summed E-state index contributed by atoms with van der Waals surface area (Å²) in [6, 6.07) is 11.9. The van der Waals surface area contributed by atoms with Crippen LogP contribution in [0.25, 0.3) is 22.1 Å². The molecule has 1 aliphatic carbocycles. The number of rotatable bonds is 4. The average molecular weight is 375 g/mol. The largest absolute Gasteiger partial charge is 0.378 e. The Hall–Kier alpha value is -3.12. The molecule has 28 heavy (non-hydrogen) atoms. The van der Waals surface area contributed by atoms with Gasteiger partial charge in [0.15, 0.2) is 11.4 Å². The van der Waals surface area contributed by atoms with Crippen molar-refractivity contribution in [3.8, 4) is 11.1 Å². The second-order valence-electron chi connectivity index (χ2n) is 7.23. The fraction of sp³-hybridized carbons (Fsp3) is 0.273. The smallest absolute Gasteiger partial charge is 0.255 e. The van der Waals surface area contributed by atoms with Crippen LogP contribution in [0, 0.1) is 6.92 Å². The van der Waals surface area contributed by atoms with Crippen molar-refractivity contribution in [2.75, 3.05) is 31.2 Å². The zero-order valence-electron chi connectivity index (χ0n) is 15.7. The Balaban J connectivity index is 1.48. The van der Waals surface area contributed by atoms with Crippen molar-refractivity contribution in [1.29, 1.82) is 0 Å². The Labute approximate surface area is 162 Å². The van der Waals surface area contributed by atoms with Crippen LogP contribution in [0.4, 0.5) is 5.82 Å². The molecule has 0 radical (unpaired) electrons. The lowest BCUT2D eigenvalue weighted by Crippen LogP contribution is -2.36. The Bertz CT molecular complexity index is 1090. The standard InChI is InChI=1S/C22H21N3O3/c1-14-2-3-16(22(26)23-17-5-6-17)12-19(14)15-4-7-18-20(13-15)28-24-21(18)25-8-10-27-11-9-25/h2-5,7,12-13H,6,8-11H2,1H3,(H,23,26). The van der Waals surface area contributed by atoms with Crippen LogP contribution in [0.15, 0.2) is 52.7 Å². The first kappa shape index (κ1) is 17.0. The van der Waals surface area contributed by atoms with Crippen LogP contribution in [0.2, 0.25) is 0 Å². The number of aromatic nitrogens is 1. The second kappa shape index (κ2) is 6.80. The van der Waals surface area contributed by atoms with Gasteiger partial charge in [-0.1, -0.05) is 23.4 Å². The molecule has 1 saturated heterocycles. The third-order valence-corrected chi connectivity index (χ3v) is 5.26. The summed E-state index contributed by atoms with van der Waals surface area (Å²) >= 11 is 0. The molecule has 1 fully saturated rings. The molecule has 0 unspecified atom stereocenters. The minimum atomic E-state index is -0.0691. The highest BCUT2D eigenvalue weighted by molar-refractivity contribution is 5.98. The number of carbonyl (C=O) groups is 1. The lowest BCUT2D eigenvalue weighted by molar-refractivity contribution is 0.0967. The molecule has 2 heterocycles. The predicted octanol–water partition coefficient (Wildman–Crippen LogP) is 3.66. The monoisotopic (exact) mass is 375 g/mol. The first-order valence-corrected chi connectivity index (χ1v) is 9.52. The lowest BCUT2D eigenvalue weighted by atomic mass is 9.97. The quantitative estimate of drug-likeness (QED) is 0.754. The summed E-state index contributed by atoms with van der Waals surface area (Å²) in [7, 11) is 0. The van der Waals surface area contributed by atoms with Crippen LogP contribution in [0.5, 0.6) is 0 Å². The highest BCUT2D eigenvalue weighted by Gasteiger charge is 2.19. The van der Waals surface area contributed by atoms with E-state index in [-0.39, 0.29) is 5.91 Å². The number of aryl methyl sites for hydroxylation is 1. The predicted molar refractivity (Wildman–Crippen MR) is 107 cm³/mol. The molecule has 1 amide bonds. The number of benzene rings is 2. The number of allylic oxidation sites excluding steroid dienone is 2. The molecule has 0 bridgehead atoms. The number of hydrogen-bond donors (Lipinski definition) is 1. The van der Waals surface area contributed by atoms with E-state index in [1.165, 1.54) is 0 Å². The lowest BCUT2D eigenvalue weighted by Gasteiger charge is -2.26. The molecule has 2 aliphatic rings. The fourth-order valence-corrected chi connectivity index (χ4v) is 3.54. The number of amides is 1. The summed E-state index contributed by atoms with van der Waals surface area (Å²) in [6.07, 6.45) is 2.87. The number of hydrogen-bond acceptors (Lipinski definition) is 5. The number of nitrogens with zero attached hydrogens (tertiary/aromatic N) is 2. The van der Waals surface area contributed by atoms with Crippen LogP contribution in [-0.4, -0.2) is 37.4 Å². The van der Waals surface area contributed by atoms with Gasteiger partial charge in [-0.2, -0.15) is 0 Å². The van der Waals surface area contributed by atoms with E-state index in [4.69, 9.17) is 9.26 Å². The van der Waals surface area contributed by atoms with Gasteiger partial charge in [-0.25, -0.2) is 0 Å². The van der Waals surface area contributed by atoms with E-state index in [0.717, 1.165) is 58.7 Å². The molecule has 0 atom stereocenters. The van der Waals surface area contributed by atoms with Crippen LogP contribution in [0.3, 0.4) is 0 Å². The minimum Gasteiger partial charge on any atom is -0.378 e. The molecule has 1 aromatic heterocycles. The van der Waals surface area contributed by atoms with Gasteiger partial charge in [-0.15, -0.1) is 0 Å². The average Bonchev–Trinajstić information content (AvgIpc) is 3.44. The van der Waals surface area contributed by atoms with E-state index in [0.29, 0.717) is 18.8 Å². The van der Waals surface area contributed by atoms with Crippen LogP contribution >= 0.6 is 0 Å². The molecular formula is C22H21N3O3. The Morgan fingerprint density at radius 3 is 2.75 bits per heavy atom. The summed E-state index contributed by atoms with van der Waals surface area (Å²) in [4.78, 5) is 14.6. The molecule has 1 N–H and O–H groups in total. The van der Waals surface area contributed by atoms with Gasteiger partial charge < -0.3 is 19.5 Å². The molecule has 3 aromatic rings. The van der Waals surface area contributed by atoms with Gasteiger partial charge in [0.1, 0.15) is 0 Å². The van der Waals surface area contributed by atoms with Crippen molar-refractivity contribution in [3.05, 3.63) is 59.3 Å². The van der Waals surface area contributed by atoms with Crippen molar-refractivity contribution < 1.29 is 14.1 Å². The number of morpholine rings is 1. The van der Waals surface area contributed by atoms with Crippen molar-refractivity contribution >= 4 is 22.7 Å². The third kappa shape index (κ3) is 3.16. The summed E-state index contributed by atoms with van der Waals surface area (Å²) < 4.78 is 11.0. The summed E-state index contributed by atoms with van der Waals surface area (Å²) in [5, 5.41) is 8.20. The topological polar surface area (TPSA) is 67.6 Å². The van der Waals surface area contributed by atoms with E-state index in [1.807, 2.05) is 43.3 Å². The van der Waals surface area contributed by atoms with E-state index in [2.05, 4.69) is 21.4 Å². The van der Waals surface area contributed by atoms with E-state index >= 15 is 0 Å². The van der Waals surface area contributed by atoms with Gasteiger partial charge in [-0.3, -0.25) is 4.79 Å². The van der Waals surface area contributed by atoms with Gasteiger partial charge in [0.25, 0.3) is 5.91 Å². The first-order chi connectivity index (χ1) is 13.7. The van der Waals surface area contributed by atoms with E-state index in [1.54, 1.807) is 0 Å². The Morgan fingerprint density at radius 1 is 1.14 bits per heavy atom. The SMILES string of the molecule is Cc1ccc(C(=O)NC2=CC2)cc1-c1ccc2c(N3CCOCC3)noc2c1. The highest BCUT2D eigenvalue weighted by atomic mass is 16.5. The zero-order chi connectivity index (χ0) is 19.1. The van der Waals surface area contributed by atoms with Crippen LogP contribution < -0.4 is 10.2 Å². The summed E-state index contributed by atoms with van der Waals surface area (Å²) in [5.74, 6) is 0.799. The molecule has 2 aromatic carbocycles. The van der Waals surface area contributed by atoms with Crippen molar-refractivity contribution in [2.45, 2.75) is 13.3 Å². The molecule has 142 valence electrons. The first-order valence-electron chi connectivity index (χ1n) is 9.52. The number of ether oxygens (including phenoxy) is 1. The normalized spacial score (nSPS) is 16.2. The van der Waals surface area contributed by atoms with Crippen LogP contribution in [0.1, 0.15) is 22.3 Å². The fourth-order valence-electron chi connectivity index (χ4n) is 3.54. The van der Waals surface area contributed by atoms with E-state index in [9.17, 15) is 4.79 Å². The maximum Gasteiger partial charge on any atom is 0.255 e. The molecule has 0 saturated carbocycles. The van der Waals surface area contributed by atoms with Gasteiger partial charge in [-0.05, 0) is 47.9 Å². The van der Waals surface area contributed by atoms with E-state index < -0.39 is 0 Å². The molecule has 0 spiro atoms. The Morgan fingerprint density at radius 2 is 1.96 bits per heavy atom. The van der Waals surface area contributed by atoms with Crippen molar-refractivity contribution in [2.24, 2.45) is 0 Å². The number of anilines is 1.